The van der Waals surface area contributed by atoms with Crippen molar-refractivity contribution in [1.82, 2.24) is 5.32 Å². The van der Waals surface area contributed by atoms with Crippen LogP contribution in [0.2, 0.25) is 0 Å². The minimum Gasteiger partial charge on any atom is -0.326 e. The third-order valence-electron chi connectivity index (χ3n) is 1.92. The zero-order valence-electron chi connectivity index (χ0n) is 9.85. The lowest BCUT2D eigenvalue weighted by atomic mass is 9.93. The first-order valence-electron chi connectivity index (χ1n) is 5.31. The van der Waals surface area contributed by atoms with Gasteiger partial charge in [0.15, 0.2) is 0 Å². The van der Waals surface area contributed by atoms with Crippen LogP contribution in [0.25, 0.3) is 0 Å². The average molecular weight is 186 g/mol. The quantitative estimate of drug-likeness (QED) is 0.666. The van der Waals surface area contributed by atoms with E-state index in [0.717, 1.165) is 25.4 Å². The van der Waals surface area contributed by atoms with Crippen molar-refractivity contribution in [3.63, 3.8) is 0 Å². The maximum Gasteiger partial charge on any atom is 0.0100 e. The Hall–Kier alpha value is -0.0800. The SMILES string of the molecule is CC(C)CNCC(C)CC(C)(C)N. The summed E-state index contributed by atoms with van der Waals surface area (Å²) < 4.78 is 0. The molecule has 0 aromatic carbocycles. The van der Waals surface area contributed by atoms with Crippen LogP contribution in [0, 0.1) is 11.8 Å². The molecule has 0 aromatic heterocycles. The van der Waals surface area contributed by atoms with Gasteiger partial charge in [-0.3, -0.25) is 0 Å². The molecule has 0 aliphatic rings. The van der Waals surface area contributed by atoms with E-state index in [2.05, 4.69) is 39.9 Å². The van der Waals surface area contributed by atoms with E-state index in [0.29, 0.717) is 5.92 Å². The van der Waals surface area contributed by atoms with Gasteiger partial charge in [-0.05, 0) is 45.2 Å². The molecule has 0 radical (unpaired) electrons. The van der Waals surface area contributed by atoms with E-state index in [9.17, 15) is 0 Å². The molecule has 2 heteroatoms. The fourth-order valence-electron chi connectivity index (χ4n) is 1.59. The summed E-state index contributed by atoms with van der Waals surface area (Å²) in [6, 6.07) is 0. The Balaban J connectivity index is 3.46. The molecule has 1 unspecified atom stereocenters. The van der Waals surface area contributed by atoms with E-state index in [4.69, 9.17) is 5.73 Å². The molecule has 13 heavy (non-hydrogen) atoms. The number of nitrogens with one attached hydrogen (secondary N) is 1. The van der Waals surface area contributed by atoms with Crippen LogP contribution in [-0.4, -0.2) is 18.6 Å². The van der Waals surface area contributed by atoms with Gasteiger partial charge in [0.1, 0.15) is 0 Å². The second-order valence-electron chi connectivity index (χ2n) is 5.35. The first kappa shape index (κ1) is 12.9. The predicted molar refractivity (Wildman–Crippen MR) is 59.8 cm³/mol. The van der Waals surface area contributed by atoms with Crippen LogP contribution in [0.4, 0.5) is 0 Å². The van der Waals surface area contributed by atoms with Gasteiger partial charge in [-0.25, -0.2) is 0 Å². The molecule has 0 heterocycles. The van der Waals surface area contributed by atoms with Crippen molar-refractivity contribution in [2.75, 3.05) is 13.1 Å². The van der Waals surface area contributed by atoms with Crippen molar-refractivity contribution in [2.24, 2.45) is 17.6 Å². The van der Waals surface area contributed by atoms with Gasteiger partial charge in [0.2, 0.25) is 0 Å². The maximum absolute atomic E-state index is 5.94. The van der Waals surface area contributed by atoms with E-state index in [1.54, 1.807) is 0 Å². The van der Waals surface area contributed by atoms with Gasteiger partial charge in [-0.1, -0.05) is 20.8 Å². The van der Waals surface area contributed by atoms with Crippen LogP contribution in [0.1, 0.15) is 41.0 Å². The molecule has 0 aliphatic heterocycles. The summed E-state index contributed by atoms with van der Waals surface area (Å²) in [5.41, 5.74) is 5.91. The highest BCUT2D eigenvalue weighted by Gasteiger charge is 2.14. The minimum absolute atomic E-state index is 0.0288. The fraction of sp³-hybridized carbons (Fsp3) is 1.00. The Morgan fingerprint density at radius 2 is 1.69 bits per heavy atom. The van der Waals surface area contributed by atoms with Crippen molar-refractivity contribution in [1.29, 1.82) is 0 Å². The highest BCUT2D eigenvalue weighted by atomic mass is 14.9. The monoisotopic (exact) mass is 186 g/mol. The summed E-state index contributed by atoms with van der Waals surface area (Å²) in [5.74, 6) is 1.40. The smallest absolute Gasteiger partial charge is 0.0100 e. The van der Waals surface area contributed by atoms with E-state index < -0.39 is 0 Å². The minimum atomic E-state index is -0.0288. The molecule has 0 spiro atoms. The molecular weight excluding hydrogens is 160 g/mol. The third-order valence-corrected chi connectivity index (χ3v) is 1.92. The maximum atomic E-state index is 5.94. The Bertz CT molecular complexity index is 125. The Morgan fingerprint density at radius 3 is 2.08 bits per heavy atom. The lowest BCUT2D eigenvalue weighted by molar-refractivity contribution is 0.361. The molecule has 80 valence electrons. The van der Waals surface area contributed by atoms with Crippen LogP contribution < -0.4 is 11.1 Å². The Kier molecular flexibility index (Phi) is 5.57. The molecule has 3 N–H and O–H groups in total. The normalized spacial score (nSPS) is 15.0. The molecule has 0 fully saturated rings. The molecule has 0 saturated heterocycles. The summed E-state index contributed by atoms with van der Waals surface area (Å²) in [6.07, 6.45) is 1.08. The fourth-order valence-corrected chi connectivity index (χ4v) is 1.59. The highest BCUT2D eigenvalue weighted by molar-refractivity contribution is 4.75. The lowest BCUT2D eigenvalue weighted by Crippen LogP contribution is -2.36. The van der Waals surface area contributed by atoms with E-state index >= 15 is 0 Å². The van der Waals surface area contributed by atoms with E-state index in [1.165, 1.54) is 0 Å². The summed E-state index contributed by atoms with van der Waals surface area (Å²) in [4.78, 5) is 0. The molecule has 2 nitrogen and oxygen atoms in total. The van der Waals surface area contributed by atoms with Gasteiger partial charge in [0.05, 0.1) is 0 Å². The Morgan fingerprint density at radius 1 is 1.15 bits per heavy atom. The average Bonchev–Trinajstić information content (AvgIpc) is 1.81. The topological polar surface area (TPSA) is 38.0 Å². The summed E-state index contributed by atoms with van der Waals surface area (Å²) in [6.45, 7) is 13.1. The van der Waals surface area contributed by atoms with Gasteiger partial charge >= 0.3 is 0 Å². The van der Waals surface area contributed by atoms with Crippen LogP contribution >= 0.6 is 0 Å². The predicted octanol–water partition coefficient (Wildman–Crippen LogP) is 2.00. The number of rotatable bonds is 6. The Labute approximate surface area is 83.3 Å². The lowest BCUT2D eigenvalue weighted by Gasteiger charge is -2.23. The first-order chi connectivity index (χ1) is 5.81. The molecular formula is C11H26N2. The number of hydrogen-bond donors (Lipinski definition) is 2. The van der Waals surface area contributed by atoms with Gasteiger partial charge in [-0.2, -0.15) is 0 Å². The molecule has 0 bridgehead atoms. The highest BCUT2D eigenvalue weighted by Crippen LogP contribution is 2.12. The molecule has 0 amide bonds. The number of nitrogens with two attached hydrogens (primary N) is 1. The van der Waals surface area contributed by atoms with E-state index in [-0.39, 0.29) is 5.54 Å². The zero-order chi connectivity index (χ0) is 10.5. The van der Waals surface area contributed by atoms with Gasteiger partial charge < -0.3 is 11.1 Å². The van der Waals surface area contributed by atoms with Crippen LogP contribution in [0.5, 0.6) is 0 Å². The first-order valence-corrected chi connectivity index (χ1v) is 5.31. The van der Waals surface area contributed by atoms with Crippen LogP contribution in [0.3, 0.4) is 0 Å². The summed E-state index contributed by atoms with van der Waals surface area (Å²) in [5, 5.41) is 3.45. The van der Waals surface area contributed by atoms with Crippen molar-refractivity contribution >= 4 is 0 Å². The van der Waals surface area contributed by atoms with Crippen LogP contribution in [-0.2, 0) is 0 Å². The molecule has 0 aromatic rings. The molecule has 0 aliphatic carbocycles. The third kappa shape index (κ3) is 9.84. The van der Waals surface area contributed by atoms with Gasteiger partial charge in [-0.15, -0.1) is 0 Å². The molecule has 0 rings (SSSR count). The van der Waals surface area contributed by atoms with Crippen LogP contribution in [0.15, 0.2) is 0 Å². The molecule has 0 saturated carbocycles. The van der Waals surface area contributed by atoms with Gasteiger partial charge in [0.25, 0.3) is 0 Å². The second-order valence-corrected chi connectivity index (χ2v) is 5.35. The van der Waals surface area contributed by atoms with Crippen molar-refractivity contribution in [2.45, 2.75) is 46.6 Å². The van der Waals surface area contributed by atoms with Crippen molar-refractivity contribution in [3.8, 4) is 0 Å². The second kappa shape index (κ2) is 5.61. The largest absolute Gasteiger partial charge is 0.326 e. The zero-order valence-corrected chi connectivity index (χ0v) is 9.85. The molecule has 1 atom stereocenters. The van der Waals surface area contributed by atoms with Crippen molar-refractivity contribution < 1.29 is 0 Å². The van der Waals surface area contributed by atoms with Crippen molar-refractivity contribution in [3.05, 3.63) is 0 Å². The summed E-state index contributed by atoms with van der Waals surface area (Å²) in [7, 11) is 0. The van der Waals surface area contributed by atoms with Gasteiger partial charge in [0, 0.05) is 5.54 Å². The van der Waals surface area contributed by atoms with E-state index in [1.807, 2.05) is 0 Å². The number of hydrogen-bond acceptors (Lipinski definition) is 2. The standard InChI is InChI=1S/C11H26N2/c1-9(2)7-13-8-10(3)6-11(4,5)12/h9-10,13H,6-8,12H2,1-5H3. The summed E-state index contributed by atoms with van der Waals surface area (Å²) >= 11 is 0.